The summed E-state index contributed by atoms with van der Waals surface area (Å²) in [6.07, 6.45) is 1.01. The molecule has 0 saturated heterocycles. The zero-order valence-corrected chi connectivity index (χ0v) is 17.7. The van der Waals surface area contributed by atoms with E-state index in [1.165, 1.54) is 30.0 Å². The largest absolute Gasteiger partial charge is 0.494 e. The molecule has 2 aromatic rings. The lowest BCUT2D eigenvalue weighted by Crippen LogP contribution is -2.27. The number of nitrogens with zero attached hydrogens (tertiary/aromatic N) is 1. The van der Waals surface area contributed by atoms with E-state index in [-0.39, 0.29) is 17.2 Å². The van der Waals surface area contributed by atoms with Gasteiger partial charge in [0.25, 0.3) is 5.91 Å². The summed E-state index contributed by atoms with van der Waals surface area (Å²) in [5, 5.41) is 2.60. The Hall–Kier alpha value is -3.07. The summed E-state index contributed by atoms with van der Waals surface area (Å²) >= 11 is 0. The van der Waals surface area contributed by atoms with Crippen molar-refractivity contribution in [2.75, 3.05) is 29.9 Å². The Morgan fingerprint density at radius 3 is 2.31 bits per heavy atom. The lowest BCUT2D eigenvalue weighted by atomic mass is 10.1. The van der Waals surface area contributed by atoms with E-state index in [1.54, 1.807) is 7.05 Å². The summed E-state index contributed by atoms with van der Waals surface area (Å²) in [7, 11) is -1.97. The summed E-state index contributed by atoms with van der Waals surface area (Å²) < 4.78 is 31.1. The monoisotopic (exact) mass is 419 g/mol. The van der Waals surface area contributed by atoms with Gasteiger partial charge in [-0.25, -0.2) is 8.42 Å². The molecule has 29 heavy (non-hydrogen) atoms. The van der Waals surface area contributed by atoms with Crippen molar-refractivity contribution in [2.24, 2.45) is 0 Å². The molecule has 0 heterocycles. The van der Waals surface area contributed by atoms with Crippen LogP contribution in [0.2, 0.25) is 0 Å². The Bertz CT molecular complexity index is 988. The van der Waals surface area contributed by atoms with Crippen molar-refractivity contribution in [3.8, 4) is 5.75 Å². The van der Waals surface area contributed by atoms with E-state index in [1.807, 2.05) is 31.2 Å². The number of anilines is 2. The third-order valence-corrected chi connectivity index (χ3v) is 4.46. The number of rotatable bonds is 8. The minimum atomic E-state index is -3.59. The van der Waals surface area contributed by atoms with Gasteiger partial charge in [0.2, 0.25) is 15.9 Å². The van der Waals surface area contributed by atoms with Crippen molar-refractivity contribution in [3.05, 3.63) is 53.6 Å². The summed E-state index contributed by atoms with van der Waals surface area (Å²) in [4.78, 5) is 25.8. The van der Waals surface area contributed by atoms with Gasteiger partial charge in [-0.05, 0) is 42.8 Å². The number of hydrogen-bond donors (Lipinski definition) is 2. The van der Waals surface area contributed by atoms with Gasteiger partial charge in [0.1, 0.15) is 5.75 Å². The van der Waals surface area contributed by atoms with Crippen LogP contribution in [-0.4, -0.2) is 45.0 Å². The number of carbonyl (C=O) groups excluding carboxylic acids is 2. The van der Waals surface area contributed by atoms with Gasteiger partial charge in [0.05, 0.1) is 24.1 Å². The molecule has 0 aliphatic carbocycles. The number of sulfonamides is 1. The van der Waals surface area contributed by atoms with E-state index in [2.05, 4.69) is 10.0 Å². The molecule has 156 valence electrons. The highest BCUT2D eigenvalue weighted by molar-refractivity contribution is 7.92. The fourth-order valence-corrected chi connectivity index (χ4v) is 3.28. The van der Waals surface area contributed by atoms with E-state index in [4.69, 9.17) is 4.74 Å². The van der Waals surface area contributed by atoms with E-state index in [0.29, 0.717) is 18.8 Å². The zero-order valence-electron chi connectivity index (χ0n) is 16.9. The third kappa shape index (κ3) is 6.79. The summed E-state index contributed by atoms with van der Waals surface area (Å²) in [6.45, 7) is 4.13. The van der Waals surface area contributed by atoms with Crippen molar-refractivity contribution in [3.63, 3.8) is 0 Å². The quantitative estimate of drug-likeness (QED) is 0.684. The van der Waals surface area contributed by atoms with Crippen molar-refractivity contribution >= 4 is 33.2 Å². The molecular formula is C20H25N3O5S. The van der Waals surface area contributed by atoms with Crippen LogP contribution in [0.15, 0.2) is 42.5 Å². The van der Waals surface area contributed by atoms with Crippen LogP contribution in [0.4, 0.5) is 11.4 Å². The summed E-state index contributed by atoms with van der Waals surface area (Å²) in [5.41, 5.74) is 1.56. The summed E-state index contributed by atoms with van der Waals surface area (Å²) in [6, 6.07) is 11.8. The average Bonchev–Trinajstić information content (AvgIpc) is 2.62. The van der Waals surface area contributed by atoms with Crippen LogP contribution in [0.3, 0.4) is 0 Å². The molecule has 0 fully saturated rings. The SMILES string of the molecule is CCOc1ccc(CN(C)C(=O)c2cc(NC(C)=O)ccc2NS(C)(=O)=O)cc1. The number of nitrogens with one attached hydrogen (secondary N) is 2. The van der Waals surface area contributed by atoms with Crippen LogP contribution in [0.5, 0.6) is 5.75 Å². The van der Waals surface area contributed by atoms with Crippen LogP contribution in [-0.2, 0) is 21.4 Å². The number of benzene rings is 2. The van der Waals surface area contributed by atoms with Crippen LogP contribution in [0, 0.1) is 0 Å². The maximum atomic E-state index is 13.0. The molecule has 0 spiro atoms. The van der Waals surface area contributed by atoms with Gasteiger partial charge in [-0.15, -0.1) is 0 Å². The highest BCUT2D eigenvalue weighted by atomic mass is 32.2. The van der Waals surface area contributed by atoms with Gasteiger partial charge in [0, 0.05) is 26.2 Å². The normalized spacial score (nSPS) is 10.9. The van der Waals surface area contributed by atoms with Crippen molar-refractivity contribution in [1.82, 2.24) is 4.90 Å². The topological polar surface area (TPSA) is 105 Å². The van der Waals surface area contributed by atoms with Gasteiger partial charge in [0.15, 0.2) is 0 Å². The predicted octanol–water partition coefficient (Wildman–Crippen LogP) is 2.69. The third-order valence-electron chi connectivity index (χ3n) is 3.87. The van der Waals surface area contributed by atoms with E-state index in [0.717, 1.165) is 17.6 Å². The molecule has 0 bridgehead atoms. The van der Waals surface area contributed by atoms with Gasteiger partial charge >= 0.3 is 0 Å². The van der Waals surface area contributed by atoms with Crippen LogP contribution >= 0.6 is 0 Å². The smallest absolute Gasteiger partial charge is 0.256 e. The highest BCUT2D eigenvalue weighted by Gasteiger charge is 2.19. The Balaban J connectivity index is 2.28. The average molecular weight is 420 g/mol. The standard InChI is InChI=1S/C20H25N3O5S/c1-5-28-17-9-6-15(7-10-17)13-23(3)20(25)18-12-16(21-14(2)24)8-11-19(18)22-29(4,26)27/h6-12,22H,5,13H2,1-4H3,(H,21,24). The molecule has 9 heteroatoms. The van der Waals surface area contributed by atoms with E-state index in [9.17, 15) is 18.0 Å². The van der Waals surface area contributed by atoms with E-state index < -0.39 is 15.9 Å². The molecule has 2 rings (SSSR count). The van der Waals surface area contributed by atoms with Gasteiger partial charge < -0.3 is 15.0 Å². The zero-order chi connectivity index (χ0) is 21.6. The van der Waals surface area contributed by atoms with E-state index >= 15 is 0 Å². The second-order valence-corrected chi connectivity index (χ2v) is 8.30. The van der Waals surface area contributed by atoms with Crippen molar-refractivity contribution < 1.29 is 22.7 Å². The lowest BCUT2D eigenvalue weighted by molar-refractivity contribution is -0.114. The molecule has 0 radical (unpaired) electrons. The van der Waals surface area contributed by atoms with Crippen molar-refractivity contribution in [2.45, 2.75) is 20.4 Å². The van der Waals surface area contributed by atoms with Crippen molar-refractivity contribution in [1.29, 1.82) is 0 Å². The summed E-state index contributed by atoms with van der Waals surface area (Å²) in [5.74, 6) is 0.0556. The molecular weight excluding hydrogens is 394 g/mol. The molecule has 2 aromatic carbocycles. The van der Waals surface area contributed by atoms with Gasteiger partial charge in [-0.1, -0.05) is 12.1 Å². The molecule has 2 N–H and O–H groups in total. The molecule has 0 aromatic heterocycles. The lowest BCUT2D eigenvalue weighted by Gasteiger charge is -2.20. The number of amides is 2. The Kier molecular flexibility index (Phi) is 7.22. The van der Waals surface area contributed by atoms with Crippen LogP contribution < -0.4 is 14.8 Å². The Labute approximate surface area is 170 Å². The van der Waals surface area contributed by atoms with Gasteiger partial charge in [-0.2, -0.15) is 0 Å². The number of hydrogen-bond acceptors (Lipinski definition) is 5. The molecule has 0 saturated carbocycles. The maximum absolute atomic E-state index is 13.0. The molecule has 0 aliphatic rings. The Morgan fingerprint density at radius 2 is 1.76 bits per heavy atom. The second kappa shape index (κ2) is 9.42. The molecule has 2 amide bonds. The van der Waals surface area contributed by atoms with Gasteiger partial charge in [-0.3, -0.25) is 14.3 Å². The highest BCUT2D eigenvalue weighted by Crippen LogP contribution is 2.24. The first-order valence-corrected chi connectivity index (χ1v) is 10.8. The first-order chi connectivity index (χ1) is 13.6. The first kappa shape index (κ1) is 22.2. The fourth-order valence-electron chi connectivity index (χ4n) is 2.70. The number of carbonyl (C=O) groups is 2. The minimum Gasteiger partial charge on any atom is -0.494 e. The maximum Gasteiger partial charge on any atom is 0.256 e. The fraction of sp³-hybridized carbons (Fsp3) is 0.300. The number of ether oxygens (including phenoxy) is 1. The molecule has 0 atom stereocenters. The molecule has 8 nitrogen and oxygen atoms in total. The first-order valence-electron chi connectivity index (χ1n) is 8.95. The predicted molar refractivity (Wildman–Crippen MR) is 113 cm³/mol. The van der Waals surface area contributed by atoms with Crippen LogP contribution in [0.25, 0.3) is 0 Å². The molecule has 0 unspecified atom stereocenters. The second-order valence-electron chi connectivity index (χ2n) is 6.55. The minimum absolute atomic E-state index is 0.134. The van der Waals surface area contributed by atoms with Crippen LogP contribution in [0.1, 0.15) is 29.8 Å². The molecule has 0 aliphatic heterocycles. The Morgan fingerprint density at radius 1 is 1.10 bits per heavy atom.